The molecule has 2 bridgehead atoms. The number of fused-ring (bicyclic) bond motifs is 4. The van der Waals surface area contributed by atoms with Crippen molar-refractivity contribution in [2.45, 2.75) is 38.1 Å². The van der Waals surface area contributed by atoms with Crippen molar-refractivity contribution in [3.8, 4) is 0 Å². The average molecular weight is 351 g/mol. The smallest absolute Gasteiger partial charge is 0.256 e. The Morgan fingerprint density at radius 1 is 1.17 bits per heavy atom. The molecule has 1 aromatic carbocycles. The lowest BCUT2D eigenvalue weighted by molar-refractivity contribution is 0.0713. The Hall–Kier alpha value is -1.13. The lowest BCUT2D eigenvalue weighted by Gasteiger charge is -2.40. The lowest BCUT2D eigenvalue weighted by atomic mass is 9.83. The van der Waals surface area contributed by atoms with Gasteiger partial charge < -0.3 is 4.90 Å². The van der Waals surface area contributed by atoms with Gasteiger partial charge in [0, 0.05) is 32.2 Å². The molecule has 0 unspecified atom stereocenters. The Kier molecular flexibility index (Phi) is 4.52. The second-order valence-corrected chi connectivity index (χ2v) is 8.07. The molecular weight excluding hydrogens is 327 g/mol. The number of nitrogens with zero attached hydrogens (tertiary/aromatic N) is 2. The Bertz CT molecular complexity index is 634. The molecule has 24 heavy (non-hydrogen) atoms. The maximum atomic E-state index is 14.2. The molecule has 5 heteroatoms. The lowest BCUT2D eigenvalue weighted by Crippen LogP contribution is -2.47. The molecule has 3 aliphatic heterocycles. The first kappa shape index (κ1) is 16.3. The zero-order valence-electron chi connectivity index (χ0n) is 13.9. The maximum absolute atomic E-state index is 14.2. The van der Waals surface area contributed by atoms with E-state index in [9.17, 15) is 9.18 Å². The topological polar surface area (TPSA) is 23.6 Å². The van der Waals surface area contributed by atoms with Crippen LogP contribution >= 0.6 is 11.6 Å². The summed E-state index contributed by atoms with van der Waals surface area (Å²) in [6, 6.07) is 5.10. The number of hydrogen-bond acceptors (Lipinski definition) is 2. The van der Waals surface area contributed by atoms with Crippen molar-refractivity contribution in [1.29, 1.82) is 0 Å². The van der Waals surface area contributed by atoms with Crippen LogP contribution < -0.4 is 0 Å². The van der Waals surface area contributed by atoms with Crippen molar-refractivity contribution in [2.24, 2.45) is 11.8 Å². The molecule has 4 fully saturated rings. The van der Waals surface area contributed by atoms with Gasteiger partial charge in [-0.25, -0.2) is 4.39 Å². The summed E-state index contributed by atoms with van der Waals surface area (Å²) in [5.74, 6) is 0.554. The molecule has 0 radical (unpaired) electrons. The Morgan fingerprint density at radius 2 is 2.00 bits per heavy atom. The van der Waals surface area contributed by atoms with Gasteiger partial charge in [0.05, 0.1) is 10.6 Å². The summed E-state index contributed by atoms with van der Waals surface area (Å²) in [6.45, 7) is 3.72. The van der Waals surface area contributed by atoms with Crippen LogP contribution in [0.5, 0.6) is 0 Å². The van der Waals surface area contributed by atoms with Crippen molar-refractivity contribution in [1.82, 2.24) is 9.80 Å². The van der Waals surface area contributed by atoms with Gasteiger partial charge in [-0.05, 0) is 49.7 Å². The van der Waals surface area contributed by atoms with Gasteiger partial charge in [0.1, 0.15) is 0 Å². The van der Waals surface area contributed by atoms with Crippen LogP contribution in [0.2, 0.25) is 5.02 Å². The quantitative estimate of drug-likeness (QED) is 0.827. The van der Waals surface area contributed by atoms with Crippen LogP contribution in [0.15, 0.2) is 18.2 Å². The summed E-state index contributed by atoms with van der Waals surface area (Å²) in [4.78, 5) is 17.3. The Morgan fingerprint density at radius 3 is 2.75 bits per heavy atom. The van der Waals surface area contributed by atoms with E-state index in [0.29, 0.717) is 18.5 Å². The van der Waals surface area contributed by atoms with E-state index in [-0.39, 0.29) is 16.5 Å². The van der Waals surface area contributed by atoms with E-state index in [1.165, 1.54) is 38.3 Å². The van der Waals surface area contributed by atoms with Crippen LogP contribution in [0.4, 0.5) is 4.39 Å². The summed E-state index contributed by atoms with van der Waals surface area (Å²) >= 11 is 5.85. The van der Waals surface area contributed by atoms with Gasteiger partial charge >= 0.3 is 0 Å². The summed E-state index contributed by atoms with van der Waals surface area (Å²) in [5.41, 5.74) is 0.106. The van der Waals surface area contributed by atoms with Crippen LogP contribution in [-0.4, -0.2) is 47.9 Å². The van der Waals surface area contributed by atoms with E-state index in [1.54, 1.807) is 12.1 Å². The van der Waals surface area contributed by atoms with Crippen molar-refractivity contribution in [3.63, 3.8) is 0 Å². The number of carbonyl (C=O) groups excluding carboxylic acids is 1. The van der Waals surface area contributed by atoms with Gasteiger partial charge in [-0.3, -0.25) is 9.69 Å². The molecule has 1 aliphatic carbocycles. The maximum Gasteiger partial charge on any atom is 0.256 e. The van der Waals surface area contributed by atoms with E-state index < -0.39 is 5.82 Å². The van der Waals surface area contributed by atoms with Crippen LogP contribution in [0.3, 0.4) is 0 Å². The minimum atomic E-state index is -0.591. The van der Waals surface area contributed by atoms with E-state index in [2.05, 4.69) is 4.90 Å². The fraction of sp³-hybridized carbons (Fsp3) is 0.632. The number of carbonyl (C=O) groups is 1. The van der Waals surface area contributed by atoms with E-state index in [1.807, 2.05) is 4.90 Å². The summed E-state index contributed by atoms with van der Waals surface area (Å²) in [7, 11) is 0. The normalized spacial score (nSPS) is 27.8. The number of halogens is 2. The predicted molar refractivity (Wildman–Crippen MR) is 92.7 cm³/mol. The molecular formula is C19H24ClFN2O. The second-order valence-electron chi connectivity index (χ2n) is 7.66. The highest BCUT2D eigenvalue weighted by molar-refractivity contribution is 6.31. The van der Waals surface area contributed by atoms with Gasteiger partial charge in [0.15, 0.2) is 5.82 Å². The molecule has 3 heterocycles. The minimum absolute atomic E-state index is 0.0188. The SMILES string of the molecule is O=C(c1cccc(Cl)c1F)N1C[C@H]2CC[C@@H](C1)N(CC1CCC1)C2. The Balaban J connectivity index is 1.50. The van der Waals surface area contributed by atoms with Crippen molar-refractivity contribution >= 4 is 17.5 Å². The molecule has 0 spiro atoms. The third-order valence-corrected chi connectivity index (χ3v) is 6.31. The van der Waals surface area contributed by atoms with Crippen molar-refractivity contribution < 1.29 is 9.18 Å². The van der Waals surface area contributed by atoms with Crippen molar-refractivity contribution in [2.75, 3.05) is 26.2 Å². The largest absolute Gasteiger partial charge is 0.337 e. The molecule has 130 valence electrons. The van der Waals surface area contributed by atoms with E-state index >= 15 is 0 Å². The van der Waals surface area contributed by atoms with Crippen LogP contribution in [-0.2, 0) is 0 Å². The number of piperidine rings is 1. The molecule has 2 atom stereocenters. The number of rotatable bonds is 3. The summed E-state index contributed by atoms with van der Waals surface area (Å²) < 4.78 is 14.2. The molecule has 1 amide bonds. The molecule has 4 aliphatic rings. The molecule has 0 N–H and O–H groups in total. The standard InChI is InChI=1S/C19H24ClFN2O/c20-17-6-2-5-16(18(17)21)19(24)23-11-14-7-8-15(12-23)22(10-14)9-13-3-1-4-13/h2,5-6,13-15H,1,3-4,7-12H2/t14-,15-/m0/s1. The zero-order chi connectivity index (χ0) is 16.7. The number of amides is 1. The van der Waals surface area contributed by atoms with Gasteiger partial charge in [-0.1, -0.05) is 24.1 Å². The predicted octanol–water partition coefficient (Wildman–Crippen LogP) is 3.82. The van der Waals surface area contributed by atoms with Crippen LogP contribution in [0.25, 0.3) is 0 Å². The first-order valence-corrected chi connectivity index (χ1v) is 9.47. The molecule has 1 saturated carbocycles. The van der Waals surface area contributed by atoms with Crippen LogP contribution in [0, 0.1) is 17.7 Å². The highest BCUT2D eigenvalue weighted by atomic mass is 35.5. The van der Waals surface area contributed by atoms with Gasteiger partial charge in [0.2, 0.25) is 0 Å². The van der Waals surface area contributed by atoms with Gasteiger partial charge in [-0.2, -0.15) is 0 Å². The summed E-state index contributed by atoms with van der Waals surface area (Å²) in [5, 5.41) is 0.0188. The molecule has 1 aromatic rings. The van der Waals surface area contributed by atoms with Crippen molar-refractivity contribution in [3.05, 3.63) is 34.6 Å². The molecule has 3 nitrogen and oxygen atoms in total. The number of hydrogen-bond donors (Lipinski definition) is 0. The Labute approximate surface area is 147 Å². The highest BCUT2D eigenvalue weighted by Gasteiger charge is 2.38. The molecule has 5 rings (SSSR count). The molecule has 0 aromatic heterocycles. The van der Waals surface area contributed by atoms with Crippen LogP contribution in [0.1, 0.15) is 42.5 Å². The van der Waals surface area contributed by atoms with Gasteiger partial charge in [0.25, 0.3) is 5.91 Å². The zero-order valence-corrected chi connectivity index (χ0v) is 14.6. The van der Waals surface area contributed by atoms with E-state index in [4.69, 9.17) is 11.6 Å². The monoisotopic (exact) mass is 350 g/mol. The fourth-order valence-corrected chi connectivity index (χ4v) is 4.59. The third-order valence-electron chi connectivity index (χ3n) is 6.01. The molecule has 3 saturated heterocycles. The average Bonchev–Trinajstić information content (AvgIpc) is 2.84. The number of benzene rings is 1. The first-order valence-electron chi connectivity index (χ1n) is 9.09. The first-order chi connectivity index (χ1) is 11.6. The minimum Gasteiger partial charge on any atom is -0.337 e. The summed E-state index contributed by atoms with van der Waals surface area (Å²) in [6.07, 6.45) is 6.40. The van der Waals surface area contributed by atoms with Gasteiger partial charge in [-0.15, -0.1) is 0 Å². The highest BCUT2D eigenvalue weighted by Crippen LogP contribution is 2.33. The fourth-order valence-electron chi connectivity index (χ4n) is 4.41. The second kappa shape index (κ2) is 6.64. The van der Waals surface area contributed by atoms with E-state index in [0.717, 1.165) is 25.4 Å². The third kappa shape index (κ3) is 3.06.